The second kappa shape index (κ2) is 6.48. The number of fused-ring (bicyclic) bond motifs is 1. The molecule has 5 nitrogen and oxygen atoms in total. The van der Waals surface area contributed by atoms with Crippen molar-refractivity contribution in [2.45, 2.75) is 19.5 Å². The number of benzene rings is 2. The van der Waals surface area contributed by atoms with Crippen LogP contribution < -0.4 is 10.6 Å². The second-order valence-electron chi connectivity index (χ2n) is 5.66. The zero-order chi connectivity index (χ0) is 16.4. The predicted octanol–water partition coefficient (Wildman–Crippen LogP) is 3.17. The highest BCUT2D eigenvalue weighted by atomic mass is 35.5. The maximum atomic E-state index is 10.9. The van der Waals surface area contributed by atoms with E-state index >= 15 is 0 Å². The molecule has 0 fully saturated rings. The molecule has 3 rings (SSSR count). The van der Waals surface area contributed by atoms with Gasteiger partial charge in [-0.3, -0.25) is 5.21 Å². The highest BCUT2D eigenvalue weighted by Crippen LogP contribution is 2.30. The number of carbonyl (C=O) groups is 1. The fourth-order valence-electron chi connectivity index (χ4n) is 2.89. The maximum Gasteiger partial charge on any atom is 0.338 e. The van der Waals surface area contributed by atoms with Crippen LogP contribution in [-0.4, -0.2) is 22.8 Å². The Hall–Kier alpha value is -2.24. The van der Waals surface area contributed by atoms with Crippen LogP contribution in [-0.2, 0) is 19.5 Å². The molecular weight excluding hydrogens is 314 g/mol. The molecule has 0 saturated heterocycles. The summed E-state index contributed by atoms with van der Waals surface area (Å²) in [6.07, 6.45) is 0.936. The first kappa shape index (κ1) is 15.6. The van der Waals surface area contributed by atoms with Crippen LogP contribution in [0.1, 0.15) is 16.7 Å². The van der Waals surface area contributed by atoms with E-state index in [0.717, 1.165) is 30.1 Å². The molecule has 2 aromatic carbocycles. The van der Waals surface area contributed by atoms with Crippen molar-refractivity contribution < 1.29 is 10.0 Å². The molecule has 2 aromatic rings. The highest BCUT2D eigenvalue weighted by Gasteiger charge is 2.20. The summed E-state index contributed by atoms with van der Waals surface area (Å²) in [4.78, 5) is 13.2. The molecule has 120 valence electrons. The zero-order valence-corrected chi connectivity index (χ0v) is 13.3. The molecule has 6 heteroatoms. The first-order valence-corrected chi connectivity index (χ1v) is 7.78. The molecule has 0 unspecified atom stereocenters. The van der Waals surface area contributed by atoms with Crippen LogP contribution in [0.2, 0.25) is 5.02 Å². The smallest absolute Gasteiger partial charge is 0.338 e. The first-order valence-electron chi connectivity index (χ1n) is 7.40. The molecule has 1 aliphatic rings. The number of primary amides is 1. The monoisotopic (exact) mass is 331 g/mol. The molecule has 1 heterocycles. The summed E-state index contributed by atoms with van der Waals surface area (Å²) in [6.45, 7) is 1.83. The van der Waals surface area contributed by atoms with Gasteiger partial charge in [0.15, 0.2) is 0 Å². The van der Waals surface area contributed by atoms with Crippen molar-refractivity contribution >= 4 is 23.3 Å². The van der Waals surface area contributed by atoms with Gasteiger partial charge in [-0.2, -0.15) is 0 Å². The Morgan fingerprint density at radius 1 is 1.26 bits per heavy atom. The number of carbonyl (C=O) groups excluding carboxylic acids is 1. The number of rotatable bonds is 4. The summed E-state index contributed by atoms with van der Waals surface area (Å²) < 4.78 is 0. The van der Waals surface area contributed by atoms with E-state index in [1.807, 2.05) is 36.4 Å². The van der Waals surface area contributed by atoms with Crippen LogP contribution in [0, 0.1) is 0 Å². The number of hydrogen-bond donors (Lipinski definition) is 2. The summed E-state index contributed by atoms with van der Waals surface area (Å²) in [5, 5.41) is 10.7. The lowest BCUT2D eigenvalue weighted by atomic mass is 10.1. The van der Waals surface area contributed by atoms with Crippen molar-refractivity contribution in [2.24, 2.45) is 5.73 Å². The Morgan fingerprint density at radius 2 is 2.09 bits per heavy atom. The average Bonchev–Trinajstić information content (AvgIpc) is 2.89. The van der Waals surface area contributed by atoms with Crippen molar-refractivity contribution in [2.75, 3.05) is 11.4 Å². The van der Waals surface area contributed by atoms with Gasteiger partial charge in [0, 0.05) is 23.8 Å². The molecular formula is C17H18ClN3O2. The van der Waals surface area contributed by atoms with E-state index in [4.69, 9.17) is 17.3 Å². The normalized spacial score (nSPS) is 13.0. The number of amides is 2. The van der Waals surface area contributed by atoms with Gasteiger partial charge in [-0.15, -0.1) is 0 Å². The number of hydrogen-bond acceptors (Lipinski definition) is 3. The quantitative estimate of drug-likeness (QED) is 0.668. The molecule has 23 heavy (non-hydrogen) atoms. The third-order valence-electron chi connectivity index (χ3n) is 3.98. The minimum absolute atomic E-state index is 0.0942. The summed E-state index contributed by atoms with van der Waals surface area (Å²) in [5.41, 5.74) is 9.45. The van der Waals surface area contributed by atoms with Gasteiger partial charge in [-0.05, 0) is 41.3 Å². The highest BCUT2D eigenvalue weighted by molar-refractivity contribution is 6.30. The second-order valence-corrected chi connectivity index (χ2v) is 6.10. The van der Waals surface area contributed by atoms with E-state index in [-0.39, 0.29) is 6.54 Å². The van der Waals surface area contributed by atoms with Gasteiger partial charge in [-0.1, -0.05) is 35.9 Å². The van der Waals surface area contributed by atoms with Crippen molar-refractivity contribution in [3.05, 3.63) is 64.2 Å². The summed E-state index contributed by atoms with van der Waals surface area (Å²) >= 11 is 6.04. The van der Waals surface area contributed by atoms with Crippen molar-refractivity contribution in [3.8, 4) is 0 Å². The fraction of sp³-hybridized carbons (Fsp3) is 0.235. The summed E-state index contributed by atoms with van der Waals surface area (Å²) in [7, 11) is 0. The minimum Gasteiger partial charge on any atom is -0.367 e. The van der Waals surface area contributed by atoms with Gasteiger partial charge in [-0.25, -0.2) is 9.86 Å². The third kappa shape index (κ3) is 3.57. The molecule has 2 amide bonds. The number of nitrogens with zero attached hydrogens (tertiary/aromatic N) is 2. The van der Waals surface area contributed by atoms with Crippen molar-refractivity contribution in [3.63, 3.8) is 0 Å². The molecule has 0 radical (unpaired) electrons. The number of hydroxylamine groups is 2. The van der Waals surface area contributed by atoms with Crippen LogP contribution in [0.4, 0.5) is 10.5 Å². The van der Waals surface area contributed by atoms with Crippen LogP contribution >= 0.6 is 11.6 Å². The van der Waals surface area contributed by atoms with Crippen molar-refractivity contribution in [1.82, 2.24) is 5.06 Å². The average molecular weight is 332 g/mol. The van der Waals surface area contributed by atoms with Crippen LogP contribution in [0.25, 0.3) is 0 Å². The van der Waals surface area contributed by atoms with Gasteiger partial charge in [0.1, 0.15) is 0 Å². The van der Waals surface area contributed by atoms with E-state index in [0.29, 0.717) is 5.06 Å². The van der Waals surface area contributed by atoms with E-state index in [1.54, 1.807) is 0 Å². The largest absolute Gasteiger partial charge is 0.367 e. The number of urea groups is 1. The molecule has 0 spiro atoms. The van der Waals surface area contributed by atoms with Gasteiger partial charge in [0.05, 0.1) is 6.54 Å². The summed E-state index contributed by atoms with van der Waals surface area (Å²) in [6, 6.07) is 13.0. The van der Waals surface area contributed by atoms with Gasteiger partial charge in [0.2, 0.25) is 0 Å². The Bertz CT molecular complexity index is 736. The summed E-state index contributed by atoms with van der Waals surface area (Å²) in [5.74, 6) is 0. The Labute approximate surface area is 139 Å². The lowest BCUT2D eigenvalue weighted by Crippen LogP contribution is -2.32. The maximum absolute atomic E-state index is 10.9. The molecule has 3 N–H and O–H groups in total. The van der Waals surface area contributed by atoms with Crippen LogP contribution in [0.5, 0.6) is 0 Å². The van der Waals surface area contributed by atoms with Crippen LogP contribution in [0.3, 0.4) is 0 Å². The first-order chi connectivity index (χ1) is 11.0. The van der Waals surface area contributed by atoms with E-state index in [9.17, 15) is 10.0 Å². The zero-order valence-electron chi connectivity index (χ0n) is 12.6. The number of halogens is 1. The fourth-order valence-corrected chi connectivity index (χ4v) is 3.11. The van der Waals surface area contributed by atoms with Crippen LogP contribution in [0.15, 0.2) is 42.5 Å². The standard InChI is InChI=1S/C17H18ClN3O2/c18-15-3-1-2-12(9-15)10-20-7-6-14-8-13(4-5-16(14)20)11-21(23)17(19)22/h1-5,8-9,23H,6-7,10-11H2,(H2,19,22). The molecule has 0 aromatic heterocycles. The molecule has 0 saturated carbocycles. The van der Waals surface area contributed by atoms with E-state index in [2.05, 4.69) is 11.0 Å². The number of anilines is 1. The lowest BCUT2D eigenvalue weighted by Gasteiger charge is -2.20. The number of nitrogens with two attached hydrogens (primary N) is 1. The SMILES string of the molecule is NC(=O)N(O)Cc1ccc2c(c1)CCN2Cc1cccc(Cl)c1. The third-order valence-corrected chi connectivity index (χ3v) is 4.22. The molecule has 0 aliphatic carbocycles. The Kier molecular flexibility index (Phi) is 4.41. The van der Waals surface area contributed by atoms with Gasteiger partial charge in [0.25, 0.3) is 0 Å². The Balaban J connectivity index is 1.74. The van der Waals surface area contributed by atoms with E-state index < -0.39 is 6.03 Å². The molecule has 0 atom stereocenters. The minimum atomic E-state index is -0.854. The lowest BCUT2D eigenvalue weighted by molar-refractivity contribution is -0.0470. The van der Waals surface area contributed by atoms with Crippen molar-refractivity contribution in [1.29, 1.82) is 0 Å². The van der Waals surface area contributed by atoms with Gasteiger partial charge >= 0.3 is 6.03 Å². The molecule has 1 aliphatic heterocycles. The van der Waals surface area contributed by atoms with E-state index in [1.165, 1.54) is 16.8 Å². The van der Waals surface area contributed by atoms with Gasteiger partial charge < -0.3 is 10.6 Å². The topological polar surface area (TPSA) is 69.8 Å². The predicted molar refractivity (Wildman–Crippen MR) is 89.6 cm³/mol. The molecule has 0 bridgehead atoms. The Morgan fingerprint density at radius 3 is 2.83 bits per heavy atom.